The molecule has 2 aromatic carbocycles. The third-order valence-corrected chi connectivity index (χ3v) is 5.61. The molecule has 1 heterocycles. The van der Waals surface area contributed by atoms with E-state index < -0.39 is 34.9 Å². The van der Waals surface area contributed by atoms with Gasteiger partial charge in [-0.3, -0.25) is 19.0 Å². The molecule has 0 bridgehead atoms. The quantitative estimate of drug-likeness (QED) is 0.569. The molecule has 9 heteroatoms. The van der Waals surface area contributed by atoms with Crippen LogP contribution < -0.4 is 5.32 Å². The largest absolute Gasteiger partial charge is 0.417 e. The summed E-state index contributed by atoms with van der Waals surface area (Å²) in [5.41, 5.74) is -1.39. The predicted octanol–water partition coefficient (Wildman–Crippen LogP) is 5.10. The van der Waals surface area contributed by atoms with Crippen LogP contribution in [0.5, 0.6) is 0 Å². The lowest BCUT2D eigenvalue weighted by Gasteiger charge is -2.15. The molecule has 0 saturated heterocycles. The molecule has 1 aromatic heterocycles. The summed E-state index contributed by atoms with van der Waals surface area (Å²) in [6, 6.07) is 8.50. The summed E-state index contributed by atoms with van der Waals surface area (Å²) in [6.45, 7) is 1.52. The van der Waals surface area contributed by atoms with Gasteiger partial charge in [-0.05, 0) is 49.7 Å². The van der Waals surface area contributed by atoms with Crippen LogP contribution in [0.3, 0.4) is 0 Å². The van der Waals surface area contributed by atoms with Gasteiger partial charge in [0.05, 0.1) is 16.6 Å². The van der Waals surface area contributed by atoms with Gasteiger partial charge in [-0.25, -0.2) is 4.39 Å². The number of aryl methyl sites for hydroxylation is 1. The van der Waals surface area contributed by atoms with Gasteiger partial charge in [0.2, 0.25) is 5.91 Å². The maximum atomic E-state index is 14.3. The Bertz CT molecular complexity index is 1260. The second-order valence-corrected chi connectivity index (χ2v) is 7.83. The molecular formula is C23H18F4N2O3. The van der Waals surface area contributed by atoms with Crippen molar-refractivity contribution in [2.75, 3.05) is 5.32 Å². The first kappa shape index (κ1) is 21.7. The fraction of sp³-hybridized carbons (Fsp3) is 0.261. The number of halogens is 4. The summed E-state index contributed by atoms with van der Waals surface area (Å²) in [5.74, 6) is -3.04. The maximum absolute atomic E-state index is 14.3. The molecule has 5 nitrogen and oxygen atoms in total. The average Bonchev–Trinajstić information content (AvgIpc) is 3.28. The predicted molar refractivity (Wildman–Crippen MR) is 109 cm³/mol. The molecule has 166 valence electrons. The number of nitrogens with zero attached hydrogens (tertiary/aromatic N) is 1. The van der Waals surface area contributed by atoms with Gasteiger partial charge in [0, 0.05) is 35.5 Å². The first-order valence-corrected chi connectivity index (χ1v) is 9.91. The number of amides is 1. The summed E-state index contributed by atoms with van der Waals surface area (Å²) < 4.78 is 55.5. The molecule has 32 heavy (non-hydrogen) atoms. The van der Waals surface area contributed by atoms with Gasteiger partial charge in [-0.2, -0.15) is 13.2 Å². The lowest BCUT2D eigenvalue weighted by molar-refractivity contribution is -0.138. The summed E-state index contributed by atoms with van der Waals surface area (Å²) in [4.78, 5) is 36.8. The monoisotopic (exact) mass is 446 g/mol. The van der Waals surface area contributed by atoms with E-state index in [2.05, 4.69) is 5.32 Å². The number of Topliss-reactive ketones (excluding diaryl/α,β-unsaturated/α-hetero) is 1. The Morgan fingerprint density at radius 3 is 2.53 bits per heavy atom. The number of anilines is 1. The maximum Gasteiger partial charge on any atom is 0.417 e. The minimum Gasteiger partial charge on any atom is -0.326 e. The van der Waals surface area contributed by atoms with E-state index in [1.807, 2.05) is 0 Å². The van der Waals surface area contributed by atoms with Gasteiger partial charge in [0.15, 0.2) is 0 Å². The highest BCUT2D eigenvalue weighted by atomic mass is 19.4. The van der Waals surface area contributed by atoms with E-state index in [0.717, 1.165) is 16.7 Å². The zero-order valence-corrected chi connectivity index (χ0v) is 16.9. The zero-order valence-electron chi connectivity index (χ0n) is 16.9. The Balaban J connectivity index is 1.70. The molecule has 0 spiro atoms. The topological polar surface area (TPSA) is 68.2 Å². The number of hydrogen-bond donors (Lipinski definition) is 1. The highest BCUT2D eigenvalue weighted by Gasteiger charge is 2.37. The van der Waals surface area contributed by atoms with Crippen LogP contribution in [0.4, 0.5) is 23.2 Å². The molecular weight excluding hydrogens is 428 g/mol. The minimum absolute atomic E-state index is 0.0400. The van der Waals surface area contributed by atoms with E-state index in [4.69, 9.17) is 0 Å². The number of hydrogen-bond acceptors (Lipinski definition) is 3. The Morgan fingerprint density at radius 2 is 1.88 bits per heavy atom. The van der Waals surface area contributed by atoms with Gasteiger partial charge >= 0.3 is 6.18 Å². The minimum atomic E-state index is -4.90. The van der Waals surface area contributed by atoms with E-state index in [9.17, 15) is 31.9 Å². The molecule has 1 unspecified atom stereocenters. The van der Waals surface area contributed by atoms with Crippen molar-refractivity contribution in [1.82, 2.24) is 4.57 Å². The summed E-state index contributed by atoms with van der Waals surface area (Å²) in [6.07, 6.45) is -3.84. The van der Waals surface area contributed by atoms with Gasteiger partial charge in [-0.15, -0.1) is 0 Å². The second-order valence-electron chi connectivity index (χ2n) is 7.83. The molecule has 1 atom stereocenters. The van der Waals surface area contributed by atoms with Crippen molar-refractivity contribution in [3.63, 3.8) is 0 Å². The van der Waals surface area contributed by atoms with Crippen molar-refractivity contribution in [2.45, 2.75) is 32.4 Å². The van der Waals surface area contributed by atoms with Gasteiger partial charge in [-0.1, -0.05) is 6.07 Å². The number of alkyl halides is 3. The standard InChI is InChI=1S/C23H18F4N2O3/c1-12-9-14-10-15(28-21(31)13-5-7-16(30)11-13)6-8-19(14)29(12)22(32)20-17(23(25,26)27)3-2-4-18(20)24/h2-4,6,8-10,13H,5,7,11H2,1H3,(H,28,31). The molecule has 1 amide bonds. The molecule has 1 saturated carbocycles. The fourth-order valence-corrected chi connectivity index (χ4v) is 4.07. The number of carbonyl (C=O) groups is 3. The average molecular weight is 446 g/mol. The lowest BCUT2D eigenvalue weighted by Crippen LogP contribution is -2.21. The van der Waals surface area contributed by atoms with Gasteiger partial charge in [0.25, 0.3) is 5.91 Å². The van der Waals surface area contributed by atoms with E-state index in [-0.39, 0.29) is 23.6 Å². The number of carbonyl (C=O) groups excluding carboxylic acids is 3. The fourth-order valence-electron chi connectivity index (χ4n) is 4.07. The zero-order chi connectivity index (χ0) is 23.2. The highest BCUT2D eigenvalue weighted by Crippen LogP contribution is 2.35. The van der Waals surface area contributed by atoms with Gasteiger partial charge in [0.1, 0.15) is 11.6 Å². The number of benzene rings is 2. The molecule has 1 fully saturated rings. The third kappa shape index (κ3) is 3.90. The summed E-state index contributed by atoms with van der Waals surface area (Å²) in [5, 5.41) is 3.22. The molecule has 1 aliphatic carbocycles. The summed E-state index contributed by atoms with van der Waals surface area (Å²) >= 11 is 0. The van der Waals surface area contributed by atoms with E-state index in [1.54, 1.807) is 12.1 Å². The first-order chi connectivity index (χ1) is 15.1. The molecule has 1 aliphatic rings. The summed E-state index contributed by atoms with van der Waals surface area (Å²) in [7, 11) is 0. The first-order valence-electron chi connectivity index (χ1n) is 9.91. The van der Waals surface area contributed by atoms with Crippen LogP contribution in [0, 0.1) is 18.7 Å². The number of aromatic nitrogens is 1. The van der Waals surface area contributed by atoms with Crippen molar-refractivity contribution in [3.05, 3.63) is 65.1 Å². The van der Waals surface area contributed by atoms with Crippen molar-refractivity contribution >= 4 is 34.2 Å². The SMILES string of the molecule is Cc1cc2cc(NC(=O)C3CCC(=O)C3)ccc2n1C(=O)c1c(F)cccc1C(F)(F)F. The Labute approximate surface area is 180 Å². The number of ketones is 1. The molecule has 0 radical (unpaired) electrons. The van der Waals surface area contributed by atoms with Crippen molar-refractivity contribution in [2.24, 2.45) is 5.92 Å². The molecule has 3 aromatic rings. The number of fused-ring (bicyclic) bond motifs is 1. The van der Waals surface area contributed by atoms with Crippen molar-refractivity contribution in [1.29, 1.82) is 0 Å². The normalized spacial score (nSPS) is 16.5. The highest BCUT2D eigenvalue weighted by molar-refractivity contribution is 6.05. The lowest BCUT2D eigenvalue weighted by atomic mass is 10.1. The molecule has 4 rings (SSSR count). The smallest absolute Gasteiger partial charge is 0.326 e. The van der Waals surface area contributed by atoms with E-state index in [0.29, 0.717) is 35.7 Å². The van der Waals surface area contributed by atoms with Crippen LogP contribution in [0.2, 0.25) is 0 Å². The van der Waals surface area contributed by atoms with Crippen molar-refractivity contribution in [3.8, 4) is 0 Å². The third-order valence-electron chi connectivity index (χ3n) is 5.61. The van der Waals surface area contributed by atoms with E-state index >= 15 is 0 Å². The van der Waals surface area contributed by atoms with Crippen LogP contribution in [0.1, 0.15) is 40.9 Å². The van der Waals surface area contributed by atoms with Crippen LogP contribution in [0.15, 0.2) is 42.5 Å². The van der Waals surface area contributed by atoms with Crippen LogP contribution in [-0.4, -0.2) is 22.2 Å². The van der Waals surface area contributed by atoms with Gasteiger partial charge < -0.3 is 5.32 Å². The van der Waals surface area contributed by atoms with Crippen molar-refractivity contribution < 1.29 is 31.9 Å². The Morgan fingerprint density at radius 1 is 1.12 bits per heavy atom. The number of rotatable bonds is 3. The van der Waals surface area contributed by atoms with Crippen LogP contribution in [0.25, 0.3) is 10.9 Å². The second kappa shape index (κ2) is 7.89. The Kier molecular flexibility index (Phi) is 5.36. The van der Waals surface area contributed by atoms with E-state index in [1.165, 1.54) is 19.1 Å². The number of nitrogens with one attached hydrogen (secondary N) is 1. The van der Waals surface area contributed by atoms with Crippen LogP contribution in [-0.2, 0) is 15.8 Å². The van der Waals surface area contributed by atoms with Crippen LogP contribution >= 0.6 is 0 Å². The molecule has 0 aliphatic heterocycles. The Hall–Kier alpha value is -3.49. The molecule has 1 N–H and O–H groups in total.